The molecule has 0 aliphatic rings. The second-order valence-electron chi connectivity index (χ2n) is 10.2. The maximum atomic E-state index is 12.4. The van der Waals surface area contributed by atoms with E-state index in [9.17, 15) is 13.2 Å². The molecule has 0 radical (unpaired) electrons. The van der Waals surface area contributed by atoms with Crippen molar-refractivity contribution < 1.29 is 22.1 Å². The predicted octanol–water partition coefficient (Wildman–Crippen LogP) is 8.45. The number of unbranched alkanes of at least 4 members (excludes halogenated alkanes) is 11. The second-order valence-corrected chi connectivity index (χ2v) is 12.3. The zero-order valence-electron chi connectivity index (χ0n) is 23.9. The standard InChI is InChI=1S/C31H46ClNO5S/c1-4-5-6-7-8-9-10-11-12-13-14-15-21-37-31-20-19-27(23-30(31)32)24-33(26(2)34)29-18-16-17-28(22-29)25-38-39(3,35)36/h16-20,22-23H,4-15,21,24-25H2,1-3H3. The number of halogens is 1. The molecule has 0 saturated heterocycles. The molecule has 0 fully saturated rings. The summed E-state index contributed by atoms with van der Waals surface area (Å²) < 4.78 is 33.4. The lowest BCUT2D eigenvalue weighted by Gasteiger charge is -2.22. The first-order valence-electron chi connectivity index (χ1n) is 14.3. The highest BCUT2D eigenvalue weighted by molar-refractivity contribution is 7.85. The maximum Gasteiger partial charge on any atom is 0.264 e. The van der Waals surface area contributed by atoms with Gasteiger partial charge in [0.25, 0.3) is 10.1 Å². The van der Waals surface area contributed by atoms with E-state index in [4.69, 9.17) is 20.5 Å². The van der Waals surface area contributed by atoms with E-state index in [0.29, 0.717) is 35.2 Å². The van der Waals surface area contributed by atoms with Crippen LogP contribution in [-0.2, 0) is 32.2 Å². The number of hydrogen-bond donors (Lipinski definition) is 0. The van der Waals surface area contributed by atoms with E-state index in [-0.39, 0.29) is 12.5 Å². The number of ether oxygens (including phenoxy) is 1. The van der Waals surface area contributed by atoms with Crippen molar-refractivity contribution in [3.05, 3.63) is 58.6 Å². The van der Waals surface area contributed by atoms with Gasteiger partial charge in [-0.25, -0.2) is 0 Å². The van der Waals surface area contributed by atoms with Gasteiger partial charge in [0.1, 0.15) is 5.75 Å². The van der Waals surface area contributed by atoms with Gasteiger partial charge in [-0.2, -0.15) is 8.42 Å². The summed E-state index contributed by atoms with van der Waals surface area (Å²) in [6.07, 6.45) is 16.6. The van der Waals surface area contributed by atoms with Crippen molar-refractivity contribution in [2.45, 2.75) is 104 Å². The summed E-state index contributed by atoms with van der Waals surface area (Å²) in [6, 6.07) is 12.7. The quantitative estimate of drug-likeness (QED) is 0.116. The van der Waals surface area contributed by atoms with Crippen molar-refractivity contribution in [2.24, 2.45) is 0 Å². The van der Waals surface area contributed by atoms with Crippen molar-refractivity contribution in [2.75, 3.05) is 17.8 Å². The molecule has 2 aromatic carbocycles. The molecule has 0 aromatic heterocycles. The average molecular weight is 580 g/mol. The molecule has 0 aliphatic carbocycles. The molecule has 2 rings (SSSR count). The Hall–Kier alpha value is -2.09. The van der Waals surface area contributed by atoms with Crippen LogP contribution in [-0.4, -0.2) is 27.2 Å². The first-order valence-corrected chi connectivity index (χ1v) is 16.5. The third kappa shape index (κ3) is 14.2. The van der Waals surface area contributed by atoms with Crippen molar-refractivity contribution in [1.29, 1.82) is 0 Å². The van der Waals surface area contributed by atoms with Gasteiger partial charge in [0.2, 0.25) is 5.91 Å². The normalized spacial score (nSPS) is 11.5. The van der Waals surface area contributed by atoms with Crippen molar-refractivity contribution >= 4 is 33.3 Å². The van der Waals surface area contributed by atoms with Gasteiger partial charge < -0.3 is 9.64 Å². The first kappa shape index (κ1) is 33.1. The lowest BCUT2D eigenvalue weighted by atomic mass is 10.1. The molecule has 0 spiro atoms. The Morgan fingerprint density at radius 3 is 2.03 bits per heavy atom. The summed E-state index contributed by atoms with van der Waals surface area (Å²) in [5.41, 5.74) is 2.18. The fourth-order valence-corrected chi connectivity index (χ4v) is 5.05. The van der Waals surface area contributed by atoms with Crippen LogP contribution in [0.15, 0.2) is 42.5 Å². The molecule has 39 heavy (non-hydrogen) atoms. The Bertz CT molecular complexity index is 1110. The third-order valence-electron chi connectivity index (χ3n) is 6.63. The van der Waals surface area contributed by atoms with Crippen LogP contribution < -0.4 is 9.64 Å². The van der Waals surface area contributed by atoms with Gasteiger partial charge in [-0.15, -0.1) is 0 Å². The second kappa shape index (κ2) is 18.3. The van der Waals surface area contributed by atoms with Gasteiger partial charge in [-0.1, -0.05) is 107 Å². The molecular formula is C31H46ClNO5S. The summed E-state index contributed by atoms with van der Waals surface area (Å²) in [4.78, 5) is 14.0. The molecule has 2 aromatic rings. The minimum atomic E-state index is -3.56. The SMILES string of the molecule is CCCCCCCCCCCCCCOc1ccc(CN(C(C)=O)c2cccc(COS(C)(=O)=O)c2)cc1Cl. The van der Waals surface area contributed by atoms with E-state index in [2.05, 4.69) is 6.92 Å². The summed E-state index contributed by atoms with van der Waals surface area (Å²) >= 11 is 6.50. The largest absolute Gasteiger partial charge is 0.492 e. The van der Waals surface area contributed by atoms with E-state index in [0.717, 1.165) is 24.7 Å². The smallest absolute Gasteiger partial charge is 0.264 e. The number of benzene rings is 2. The minimum absolute atomic E-state index is 0.0878. The van der Waals surface area contributed by atoms with E-state index >= 15 is 0 Å². The molecular weight excluding hydrogens is 534 g/mol. The summed E-state index contributed by atoms with van der Waals surface area (Å²) in [7, 11) is -3.56. The highest BCUT2D eigenvalue weighted by Gasteiger charge is 2.15. The van der Waals surface area contributed by atoms with Crippen LogP contribution in [0.25, 0.3) is 0 Å². The van der Waals surface area contributed by atoms with Gasteiger partial charge in [0, 0.05) is 12.6 Å². The Balaban J connectivity index is 1.75. The first-order chi connectivity index (χ1) is 18.7. The number of amides is 1. The van der Waals surface area contributed by atoms with Crippen LogP contribution in [0.4, 0.5) is 5.69 Å². The van der Waals surface area contributed by atoms with Gasteiger partial charge >= 0.3 is 0 Å². The fraction of sp³-hybridized carbons (Fsp3) is 0.581. The summed E-state index contributed by atoms with van der Waals surface area (Å²) in [5, 5.41) is 0.519. The number of carbonyl (C=O) groups excluding carboxylic acids is 1. The molecule has 0 bridgehead atoms. The molecule has 6 nitrogen and oxygen atoms in total. The molecule has 8 heteroatoms. The number of hydrogen-bond acceptors (Lipinski definition) is 5. The average Bonchev–Trinajstić information content (AvgIpc) is 2.89. The summed E-state index contributed by atoms with van der Waals surface area (Å²) in [5.74, 6) is 0.511. The monoisotopic (exact) mass is 579 g/mol. The highest BCUT2D eigenvalue weighted by atomic mass is 35.5. The van der Waals surface area contributed by atoms with Crippen molar-refractivity contribution in [3.8, 4) is 5.75 Å². The van der Waals surface area contributed by atoms with E-state index in [1.807, 2.05) is 18.2 Å². The maximum absolute atomic E-state index is 12.4. The van der Waals surface area contributed by atoms with Gasteiger partial charge in [-0.05, 0) is 41.8 Å². The van der Waals surface area contributed by atoms with Gasteiger partial charge in [-0.3, -0.25) is 8.98 Å². The lowest BCUT2D eigenvalue weighted by Crippen LogP contribution is -2.27. The Morgan fingerprint density at radius 2 is 1.46 bits per heavy atom. The molecule has 0 N–H and O–H groups in total. The number of carbonyl (C=O) groups is 1. The zero-order valence-corrected chi connectivity index (χ0v) is 25.5. The molecule has 0 unspecified atom stereocenters. The van der Waals surface area contributed by atoms with Crippen LogP contribution in [0.5, 0.6) is 5.75 Å². The number of nitrogens with zero attached hydrogens (tertiary/aromatic N) is 1. The number of anilines is 1. The molecule has 0 aliphatic heterocycles. The van der Waals surface area contributed by atoms with Crippen LogP contribution in [0.3, 0.4) is 0 Å². The van der Waals surface area contributed by atoms with Gasteiger partial charge in [0.05, 0.1) is 31.0 Å². The van der Waals surface area contributed by atoms with Crippen molar-refractivity contribution in [3.63, 3.8) is 0 Å². The topological polar surface area (TPSA) is 72.9 Å². The van der Waals surface area contributed by atoms with Crippen molar-refractivity contribution in [1.82, 2.24) is 0 Å². The zero-order chi connectivity index (χ0) is 28.5. The molecule has 218 valence electrons. The Kier molecular flexibility index (Phi) is 15.5. The van der Waals surface area contributed by atoms with Gasteiger partial charge in [0.15, 0.2) is 0 Å². The van der Waals surface area contributed by atoms with Crippen LogP contribution in [0, 0.1) is 0 Å². The van der Waals surface area contributed by atoms with E-state index in [1.165, 1.54) is 71.1 Å². The predicted molar refractivity (Wildman–Crippen MR) is 161 cm³/mol. The Morgan fingerprint density at radius 1 is 0.846 bits per heavy atom. The molecule has 0 saturated carbocycles. The minimum Gasteiger partial charge on any atom is -0.492 e. The lowest BCUT2D eigenvalue weighted by molar-refractivity contribution is -0.116. The fourth-order valence-electron chi connectivity index (χ4n) is 4.44. The number of rotatable bonds is 20. The van der Waals surface area contributed by atoms with E-state index in [1.54, 1.807) is 29.2 Å². The molecule has 0 heterocycles. The van der Waals surface area contributed by atoms with E-state index < -0.39 is 10.1 Å². The molecule has 0 atom stereocenters. The Labute approximate surface area is 241 Å². The van der Waals surface area contributed by atoms with Crippen LogP contribution >= 0.6 is 11.6 Å². The highest BCUT2D eigenvalue weighted by Crippen LogP contribution is 2.28. The molecule has 1 amide bonds. The summed E-state index contributed by atoms with van der Waals surface area (Å²) in [6.45, 7) is 4.63. The van der Waals surface area contributed by atoms with Crippen LogP contribution in [0.2, 0.25) is 5.02 Å². The van der Waals surface area contributed by atoms with Crippen LogP contribution in [0.1, 0.15) is 102 Å². The third-order valence-corrected chi connectivity index (χ3v) is 7.48.